The summed E-state index contributed by atoms with van der Waals surface area (Å²) in [5, 5.41) is 0. The third-order valence-electron chi connectivity index (χ3n) is 1.94. The molecule has 0 heterocycles. The fourth-order valence-electron chi connectivity index (χ4n) is 1.03. The molecule has 0 aliphatic heterocycles. The van der Waals surface area contributed by atoms with Crippen LogP contribution < -0.4 is 0 Å². The van der Waals surface area contributed by atoms with Crippen molar-refractivity contribution in [2.45, 2.75) is 25.8 Å². The van der Waals surface area contributed by atoms with Crippen LogP contribution in [-0.4, -0.2) is 47.0 Å². The lowest BCUT2D eigenvalue weighted by Gasteiger charge is -2.10. The molecule has 4 nitrogen and oxygen atoms in total. The SMILES string of the molecule is C=C(C)C(=O)OCCCC[SiH](OC)OC.[SiH4]. The van der Waals surface area contributed by atoms with Gasteiger partial charge in [-0.05, 0) is 36.8 Å². The molecule has 0 radical (unpaired) electrons. The fourth-order valence-corrected chi connectivity index (χ4v) is 2.32. The number of esters is 1. The van der Waals surface area contributed by atoms with Crippen LogP contribution in [-0.2, 0) is 18.4 Å². The Bertz CT molecular complexity index is 205. The van der Waals surface area contributed by atoms with Crippen LogP contribution >= 0.6 is 0 Å². The second-order valence-electron chi connectivity index (χ2n) is 3.31. The summed E-state index contributed by atoms with van der Waals surface area (Å²) < 4.78 is 15.3. The van der Waals surface area contributed by atoms with E-state index in [0.29, 0.717) is 12.2 Å². The summed E-state index contributed by atoms with van der Waals surface area (Å²) >= 11 is 0. The molecule has 0 amide bonds. The molecule has 0 aromatic carbocycles. The topological polar surface area (TPSA) is 44.8 Å². The summed E-state index contributed by atoms with van der Waals surface area (Å²) in [4.78, 5) is 11.0. The molecule has 0 N–H and O–H groups in total. The first-order valence-corrected chi connectivity index (χ1v) is 6.76. The molecule has 0 aromatic rings. The Morgan fingerprint density at radius 3 is 2.25 bits per heavy atom. The number of hydrogen-bond donors (Lipinski definition) is 0. The van der Waals surface area contributed by atoms with Crippen molar-refractivity contribution in [1.82, 2.24) is 0 Å². The van der Waals surface area contributed by atoms with Gasteiger partial charge in [0.1, 0.15) is 0 Å². The van der Waals surface area contributed by atoms with E-state index in [1.54, 1.807) is 21.1 Å². The van der Waals surface area contributed by atoms with Crippen molar-refractivity contribution >= 4 is 26.2 Å². The number of unbranched alkanes of at least 4 members (excludes halogenated alkanes) is 1. The number of ether oxygens (including phenoxy) is 1. The molecular formula is C10H24O4Si2. The van der Waals surface area contributed by atoms with Crippen LogP contribution in [0.5, 0.6) is 0 Å². The lowest BCUT2D eigenvalue weighted by atomic mass is 10.3. The van der Waals surface area contributed by atoms with Gasteiger partial charge in [0.05, 0.1) is 6.61 Å². The zero-order valence-electron chi connectivity index (χ0n) is 9.75. The molecular weight excluding hydrogens is 240 g/mol. The van der Waals surface area contributed by atoms with Gasteiger partial charge < -0.3 is 13.6 Å². The minimum atomic E-state index is -1.44. The second kappa shape index (κ2) is 11.1. The molecule has 0 spiro atoms. The van der Waals surface area contributed by atoms with Crippen LogP contribution in [0, 0.1) is 0 Å². The van der Waals surface area contributed by atoms with Crippen LogP contribution in [0.2, 0.25) is 6.04 Å². The van der Waals surface area contributed by atoms with Crippen LogP contribution in [0.25, 0.3) is 0 Å². The summed E-state index contributed by atoms with van der Waals surface area (Å²) in [6.45, 7) is 5.59. The normalized spacial score (nSPS) is 9.75. The van der Waals surface area contributed by atoms with Gasteiger partial charge in [-0.2, -0.15) is 0 Å². The Labute approximate surface area is 104 Å². The van der Waals surface area contributed by atoms with Crippen molar-refractivity contribution in [2.24, 2.45) is 0 Å². The maximum Gasteiger partial charge on any atom is 0.333 e. The van der Waals surface area contributed by atoms with E-state index in [1.165, 1.54) is 0 Å². The van der Waals surface area contributed by atoms with E-state index in [4.69, 9.17) is 13.6 Å². The molecule has 0 fully saturated rings. The zero-order valence-corrected chi connectivity index (χ0v) is 10.9. The molecule has 0 saturated carbocycles. The Morgan fingerprint density at radius 2 is 1.81 bits per heavy atom. The lowest BCUT2D eigenvalue weighted by molar-refractivity contribution is -0.139. The maximum absolute atomic E-state index is 11.0. The molecule has 0 rings (SSSR count). The highest BCUT2D eigenvalue weighted by atomic mass is 28.3. The average Bonchev–Trinajstić information content (AvgIpc) is 2.23. The Kier molecular flexibility index (Phi) is 12.4. The Hall–Kier alpha value is -0.436. The van der Waals surface area contributed by atoms with Crippen molar-refractivity contribution in [3.8, 4) is 0 Å². The fraction of sp³-hybridized carbons (Fsp3) is 0.700. The van der Waals surface area contributed by atoms with Crippen LogP contribution in [0.1, 0.15) is 19.8 Å². The lowest BCUT2D eigenvalue weighted by Crippen LogP contribution is -2.18. The molecule has 0 bridgehead atoms. The van der Waals surface area contributed by atoms with E-state index in [0.717, 1.165) is 18.9 Å². The number of carbonyl (C=O) groups is 1. The standard InChI is InChI=1S/C10H20O4Si.H4Si/c1-9(2)10(11)14-7-5-6-8-15(12-3)13-4;/h15H,1,5-8H2,2-4H3;1H4. The van der Waals surface area contributed by atoms with E-state index in [1.807, 2.05) is 0 Å². The van der Waals surface area contributed by atoms with Crippen LogP contribution in [0.3, 0.4) is 0 Å². The van der Waals surface area contributed by atoms with E-state index in [9.17, 15) is 4.79 Å². The zero-order chi connectivity index (χ0) is 11.7. The molecule has 96 valence electrons. The summed E-state index contributed by atoms with van der Waals surface area (Å²) in [6, 6.07) is 0.942. The first-order valence-electron chi connectivity index (χ1n) is 5.00. The van der Waals surface area contributed by atoms with Gasteiger partial charge in [-0.25, -0.2) is 4.79 Å². The molecule has 0 aromatic heterocycles. The van der Waals surface area contributed by atoms with Crippen molar-refractivity contribution in [2.75, 3.05) is 20.8 Å². The van der Waals surface area contributed by atoms with Crippen molar-refractivity contribution in [1.29, 1.82) is 0 Å². The summed E-state index contributed by atoms with van der Waals surface area (Å²) in [6.07, 6.45) is 1.80. The number of hydrogen-bond acceptors (Lipinski definition) is 4. The quantitative estimate of drug-likeness (QED) is 0.267. The smallest absolute Gasteiger partial charge is 0.333 e. The van der Waals surface area contributed by atoms with E-state index in [-0.39, 0.29) is 16.9 Å². The molecule has 0 atom stereocenters. The van der Waals surface area contributed by atoms with Gasteiger partial charge in [-0.15, -0.1) is 0 Å². The monoisotopic (exact) mass is 264 g/mol. The minimum absolute atomic E-state index is 0. The molecule has 0 aliphatic carbocycles. The summed E-state index contributed by atoms with van der Waals surface area (Å²) in [5.74, 6) is -0.317. The molecule has 6 heteroatoms. The van der Waals surface area contributed by atoms with Gasteiger partial charge in [0.25, 0.3) is 0 Å². The highest BCUT2D eigenvalue weighted by molar-refractivity contribution is 6.44. The third kappa shape index (κ3) is 8.84. The largest absolute Gasteiger partial charge is 0.462 e. The van der Waals surface area contributed by atoms with E-state index in [2.05, 4.69) is 6.58 Å². The number of carbonyl (C=O) groups excluding carboxylic acids is 1. The summed E-state index contributed by atoms with van der Waals surface area (Å²) in [7, 11) is 1.90. The second-order valence-corrected chi connectivity index (χ2v) is 5.69. The molecule has 0 unspecified atom stereocenters. The first kappa shape index (κ1) is 17.9. The van der Waals surface area contributed by atoms with Gasteiger partial charge in [-0.3, -0.25) is 0 Å². The molecule has 0 aliphatic rings. The van der Waals surface area contributed by atoms with Crippen LogP contribution in [0.15, 0.2) is 12.2 Å². The van der Waals surface area contributed by atoms with Crippen molar-refractivity contribution < 1.29 is 18.4 Å². The van der Waals surface area contributed by atoms with Gasteiger partial charge in [0.2, 0.25) is 0 Å². The minimum Gasteiger partial charge on any atom is -0.462 e. The van der Waals surface area contributed by atoms with Gasteiger partial charge in [0.15, 0.2) is 0 Å². The van der Waals surface area contributed by atoms with E-state index >= 15 is 0 Å². The van der Waals surface area contributed by atoms with Gasteiger partial charge in [0, 0.05) is 19.8 Å². The molecule has 16 heavy (non-hydrogen) atoms. The average molecular weight is 264 g/mol. The summed E-state index contributed by atoms with van der Waals surface area (Å²) in [5.41, 5.74) is 0.441. The third-order valence-corrected chi connectivity index (χ3v) is 3.87. The molecule has 0 saturated heterocycles. The first-order chi connectivity index (χ1) is 7.11. The highest BCUT2D eigenvalue weighted by Crippen LogP contribution is 2.03. The predicted molar refractivity (Wildman–Crippen MR) is 72.3 cm³/mol. The van der Waals surface area contributed by atoms with E-state index < -0.39 is 9.28 Å². The number of rotatable bonds is 8. The van der Waals surface area contributed by atoms with Crippen molar-refractivity contribution in [3.63, 3.8) is 0 Å². The van der Waals surface area contributed by atoms with Gasteiger partial charge >= 0.3 is 15.3 Å². The maximum atomic E-state index is 11.0. The highest BCUT2D eigenvalue weighted by Gasteiger charge is 2.08. The van der Waals surface area contributed by atoms with Gasteiger partial charge in [-0.1, -0.05) is 6.58 Å². The Balaban J connectivity index is 0. The Morgan fingerprint density at radius 1 is 1.25 bits per heavy atom. The van der Waals surface area contributed by atoms with Crippen molar-refractivity contribution in [3.05, 3.63) is 12.2 Å². The van der Waals surface area contributed by atoms with Crippen LogP contribution in [0.4, 0.5) is 0 Å². The predicted octanol–water partition coefficient (Wildman–Crippen LogP) is -0.0524.